The summed E-state index contributed by atoms with van der Waals surface area (Å²) in [7, 11) is 0. The van der Waals surface area contributed by atoms with Gasteiger partial charge in [-0.2, -0.15) is 5.10 Å². The van der Waals surface area contributed by atoms with Crippen molar-refractivity contribution >= 4 is 27.3 Å². The predicted molar refractivity (Wildman–Crippen MR) is 109 cm³/mol. The van der Waals surface area contributed by atoms with Crippen LogP contribution in [0.3, 0.4) is 0 Å². The highest BCUT2D eigenvalue weighted by Gasteiger charge is 2.19. The molecule has 0 aliphatic heterocycles. The van der Waals surface area contributed by atoms with Crippen molar-refractivity contribution in [2.24, 2.45) is 0 Å². The molecule has 4 aromatic rings. The summed E-state index contributed by atoms with van der Waals surface area (Å²) in [6.45, 7) is 5.88. The number of thiazole rings is 1. The van der Waals surface area contributed by atoms with Crippen LogP contribution >= 0.6 is 11.3 Å². The minimum absolute atomic E-state index is 0.153. The number of aryl methyl sites for hydroxylation is 1. The molecule has 3 aromatic heterocycles. The summed E-state index contributed by atoms with van der Waals surface area (Å²) in [5.74, 6) is 0.748. The number of nitrogens with zero attached hydrogens (tertiary/aromatic N) is 3. The van der Waals surface area contributed by atoms with E-state index < -0.39 is 0 Å². The first-order chi connectivity index (χ1) is 13.4. The summed E-state index contributed by atoms with van der Waals surface area (Å²) in [6.07, 6.45) is 1.55. The molecule has 6 nitrogen and oxygen atoms in total. The van der Waals surface area contributed by atoms with Gasteiger partial charge in [0.2, 0.25) is 0 Å². The Bertz CT molecular complexity index is 1200. The molecule has 0 unspecified atom stereocenters. The van der Waals surface area contributed by atoms with E-state index in [2.05, 4.69) is 23.9 Å². The molecule has 0 aliphatic carbocycles. The monoisotopic (exact) mass is 393 g/mol. The van der Waals surface area contributed by atoms with Crippen LogP contribution in [0.15, 0.2) is 51.9 Å². The average molecular weight is 393 g/mol. The van der Waals surface area contributed by atoms with E-state index >= 15 is 0 Å². The lowest BCUT2D eigenvalue weighted by Crippen LogP contribution is -2.27. The number of hydrogen-bond acceptors (Lipinski definition) is 6. The first kappa shape index (κ1) is 18.3. The molecule has 0 atom stereocenters. The van der Waals surface area contributed by atoms with Crippen molar-refractivity contribution in [2.45, 2.75) is 33.2 Å². The van der Waals surface area contributed by atoms with Gasteiger partial charge in [-0.1, -0.05) is 38.1 Å². The third-order valence-electron chi connectivity index (χ3n) is 4.55. The molecule has 142 valence electrons. The first-order valence-corrected chi connectivity index (χ1v) is 9.81. The topological polar surface area (TPSA) is 78.0 Å². The van der Waals surface area contributed by atoms with Crippen LogP contribution in [0.25, 0.3) is 21.7 Å². The number of carbonyl (C=O) groups is 1. The minimum Gasteiger partial charge on any atom is -0.463 e. The minimum atomic E-state index is -0.373. The molecule has 0 radical (unpaired) electrons. The third-order valence-corrected chi connectivity index (χ3v) is 5.53. The number of furan rings is 1. The molecule has 7 heteroatoms. The molecule has 0 N–H and O–H groups in total. The molecule has 4 rings (SSSR count). The number of carbonyl (C=O) groups excluding carboxylic acids is 1. The Kier molecular flexibility index (Phi) is 4.68. The normalized spacial score (nSPS) is 11.4. The van der Waals surface area contributed by atoms with Crippen LogP contribution in [-0.4, -0.2) is 20.5 Å². The summed E-state index contributed by atoms with van der Waals surface area (Å²) >= 11 is 1.39. The largest absolute Gasteiger partial charge is 0.463 e. The second-order valence-electron chi connectivity index (χ2n) is 6.90. The lowest BCUT2D eigenvalue weighted by Gasteiger charge is -2.08. The zero-order valence-electron chi connectivity index (χ0n) is 15.8. The van der Waals surface area contributed by atoms with Crippen LogP contribution < -0.4 is 5.56 Å². The maximum atomic E-state index is 12.8. The molecule has 0 bridgehead atoms. The highest BCUT2D eigenvalue weighted by Crippen LogP contribution is 2.29. The zero-order chi connectivity index (χ0) is 19.8. The van der Waals surface area contributed by atoms with Gasteiger partial charge in [-0.3, -0.25) is 9.59 Å². The van der Waals surface area contributed by atoms with Gasteiger partial charge in [-0.15, -0.1) is 11.3 Å². The molecule has 0 saturated heterocycles. The van der Waals surface area contributed by atoms with Crippen LogP contribution in [0.1, 0.15) is 40.7 Å². The van der Waals surface area contributed by atoms with Crippen molar-refractivity contribution in [3.63, 3.8) is 0 Å². The maximum Gasteiger partial charge on any atom is 0.294 e. The van der Waals surface area contributed by atoms with E-state index in [4.69, 9.17) is 4.42 Å². The quantitative estimate of drug-likeness (QED) is 0.469. The third kappa shape index (κ3) is 3.29. The first-order valence-electron chi connectivity index (χ1n) is 8.99. The van der Waals surface area contributed by atoms with E-state index in [9.17, 15) is 9.59 Å². The van der Waals surface area contributed by atoms with Gasteiger partial charge in [0.05, 0.1) is 16.0 Å². The highest BCUT2D eigenvalue weighted by atomic mass is 32.1. The number of benzene rings is 1. The van der Waals surface area contributed by atoms with Gasteiger partial charge in [0, 0.05) is 5.56 Å². The molecule has 3 heterocycles. The van der Waals surface area contributed by atoms with Crippen LogP contribution in [0.2, 0.25) is 0 Å². The van der Waals surface area contributed by atoms with Gasteiger partial charge in [-0.25, -0.2) is 9.67 Å². The Morgan fingerprint density at radius 1 is 1.21 bits per heavy atom. The molecular formula is C21H19N3O3S. The smallest absolute Gasteiger partial charge is 0.294 e. The molecule has 1 aromatic carbocycles. The molecule has 28 heavy (non-hydrogen) atoms. The Labute approximate surface area is 165 Å². The number of rotatable bonds is 5. The van der Waals surface area contributed by atoms with Gasteiger partial charge in [0.25, 0.3) is 5.56 Å². The predicted octanol–water partition coefficient (Wildman–Crippen LogP) is 4.43. The van der Waals surface area contributed by atoms with Gasteiger partial charge in [0.1, 0.15) is 12.2 Å². The summed E-state index contributed by atoms with van der Waals surface area (Å²) in [6, 6.07) is 11.0. The van der Waals surface area contributed by atoms with Crippen LogP contribution in [0.5, 0.6) is 0 Å². The lowest BCUT2D eigenvalue weighted by atomic mass is 10.0. The van der Waals surface area contributed by atoms with Gasteiger partial charge in [0.15, 0.2) is 17.1 Å². The maximum absolute atomic E-state index is 12.8. The standard InChI is InChI=1S/C21H19N3O3S/c1-12(2)14-6-8-15(9-7-14)16(25)11-24-21(26)19-20(28-13(3)22-19)18(23-24)17-5-4-10-27-17/h4-10,12H,11H2,1-3H3. The number of Topliss-reactive ketones (excluding diaryl/α,β-unsaturated/α-hetero) is 1. The van der Waals surface area contributed by atoms with E-state index in [0.29, 0.717) is 33.2 Å². The Morgan fingerprint density at radius 2 is 1.96 bits per heavy atom. The van der Waals surface area contributed by atoms with Crippen molar-refractivity contribution in [1.82, 2.24) is 14.8 Å². The van der Waals surface area contributed by atoms with Gasteiger partial charge < -0.3 is 4.42 Å². The SMILES string of the molecule is Cc1nc2c(=O)n(CC(=O)c3ccc(C(C)C)cc3)nc(-c3ccco3)c2s1. The van der Waals surface area contributed by atoms with Crippen LogP contribution in [0, 0.1) is 6.92 Å². The second kappa shape index (κ2) is 7.16. The van der Waals surface area contributed by atoms with E-state index in [0.717, 1.165) is 10.6 Å². The van der Waals surface area contributed by atoms with E-state index in [-0.39, 0.29) is 17.9 Å². The summed E-state index contributed by atoms with van der Waals surface area (Å²) in [5, 5.41) is 5.19. The Balaban J connectivity index is 1.75. The van der Waals surface area contributed by atoms with Crippen LogP contribution in [-0.2, 0) is 6.54 Å². The average Bonchev–Trinajstić information content (AvgIpc) is 3.34. The highest BCUT2D eigenvalue weighted by molar-refractivity contribution is 7.19. The van der Waals surface area contributed by atoms with E-state index in [1.165, 1.54) is 16.0 Å². The number of aromatic nitrogens is 3. The summed E-state index contributed by atoms with van der Waals surface area (Å²) in [5.41, 5.74) is 2.17. The number of fused-ring (bicyclic) bond motifs is 1. The molecular weight excluding hydrogens is 374 g/mol. The van der Waals surface area contributed by atoms with E-state index in [1.807, 2.05) is 19.1 Å². The fraction of sp³-hybridized carbons (Fsp3) is 0.238. The number of hydrogen-bond donors (Lipinski definition) is 0. The molecule has 0 aliphatic rings. The summed E-state index contributed by atoms with van der Waals surface area (Å²) in [4.78, 5) is 29.9. The van der Waals surface area contributed by atoms with Crippen molar-refractivity contribution in [2.75, 3.05) is 0 Å². The van der Waals surface area contributed by atoms with Gasteiger partial charge in [-0.05, 0) is 30.5 Å². The van der Waals surface area contributed by atoms with Crippen molar-refractivity contribution in [3.8, 4) is 11.5 Å². The number of ketones is 1. The van der Waals surface area contributed by atoms with E-state index in [1.54, 1.807) is 30.5 Å². The van der Waals surface area contributed by atoms with Crippen LogP contribution in [0.4, 0.5) is 0 Å². The summed E-state index contributed by atoms with van der Waals surface area (Å²) < 4.78 is 7.32. The molecule has 0 amide bonds. The fourth-order valence-electron chi connectivity index (χ4n) is 3.03. The second-order valence-corrected chi connectivity index (χ2v) is 8.10. The molecule has 0 spiro atoms. The fourth-order valence-corrected chi connectivity index (χ4v) is 3.93. The Hall–Kier alpha value is -3.06. The molecule has 0 fully saturated rings. The Morgan fingerprint density at radius 3 is 2.61 bits per heavy atom. The zero-order valence-corrected chi connectivity index (χ0v) is 16.6. The lowest BCUT2D eigenvalue weighted by molar-refractivity contribution is 0.0966. The van der Waals surface area contributed by atoms with Crippen molar-refractivity contribution < 1.29 is 9.21 Å². The van der Waals surface area contributed by atoms with Crippen molar-refractivity contribution in [1.29, 1.82) is 0 Å². The molecule has 0 saturated carbocycles. The van der Waals surface area contributed by atoms with Gasteiger partial charge >= 0.3 is 0 Å². The van der Waals surface area contributed by atoms with Crippen molar-refractivity contribution in [3.05, 3.63) is 69.1 Å².